The number of hydrogen-bond donors (Lipinski definition) is 0. The van der Waals surface area contributed by atoms with Crippen molar-refractivity contribution in [2.75, 3.05) is 18.1 Å². The molecule has 2 heterocycles. The van der Waals surface area contributed by atoms with Crippen molar-refractivity contribution in [3.63, 3.8) is 0 Å². The predicted octanol–water partition coefficient (Wildman–Crippen LogP) is 1.80. The monoisotopic (exact) mass is 193 g/mol. The van der Waals surface area contributed by atoms with Gasteiger partial charge >= 0.3 is 0 Å². The van der Waals surface area contributed by atoms with E-state index in [0.717, 1.165) is 25.3 Å². The molecule has 0 amide bonds. The third-order valence-electron chi connectivity index (χ3n) is 3.06. The molecule has 2 nitrogen and oxygen atoms in total. The fraction of sp³-hybridized carbons (Fsp3) is 0.455. The molecule has 14 heavy (non-hydrogen) atoms. The summed E-state index contributed by atoms with van der Waals surface area (Å²) in [4.78, 5) is 2.31. The molecule has 0 saturated carbocycles. The lowest BCUT2D eigenvalue weighted by molar-refractivity contribution is 0.0991. The van der Waals surface area contributed by atoms with E-state index in [9.17, 15) is 4.39 Å². The molecule has 2 unspecified atom stereocenters. The summed E-state index contributed by atoms with van der Waals surface area (Å²) >= 11 is 0. The second kappa shape index (κ2) is 2.95. The van der Waals surface area contributed by atoms with Crippen molar-refractivity contribution in [1.29, 1.82) is 0 Å². The van der Waals surface area contributed by atoms with E-state index in [1.54, 1.807) is 0 Å². The lowest BCUT2D eigenvalue weighted by Crippen LogP contribution is -2.36. The van der Waals surface area contributed by atoms with Crippen LogP contribution in [-0.2, 0) is 4.74 Å². The average molecular weight is 193 g/mol. The third kappa shape index (κ3) is 1.20. The number of fused-ring (bicyclic) bond motifs is 2. The standard InChI is InChI=1S/C11H12FNO/c12-8-1-3-9(4-2-8)13-6-11-5-10(13)7-14-11/h1-4,10-11H,5-7H2. The molecule has 0 aliphatic carbocycles. The van der Waals surface area contributed by atoms with Gasteiger partial charge in [-0.15, -0.1) is 0 Å². The first-order chi connectivity index (χ1) is 6.83. The first-order valence-electron chi connectivity index (χ1n) is 4.97. The smallest absolute Gasteiger partial charge is 0.123 e. The molecule has 2 bridgehead atoms. The van der Waals surface area contributed by atoms with Gasteiger partial charge in [0, 0.05) is 12.2 Å². The highest BCUT2D eigenvalue weighted by Crippen LogP contribution is 2.32. The van der Waals surface area contributed by atoms with Gasteiger partial charge in [-0.3, -0.25) is 0 Å². The first kappa shape index (κ1) is 8.24. The second-order valence-electron chi connectivity index (χ2n) is 3.97. The fourth-order valence-electron chi connectivity index (χ4n) is 2.35. The van der Waals surface area contributed by atoms with Crippen molar-refractivity contribution >= 4 is 5.69 Å². The van der Waals surface area contributed by atoms with Gasteiger partial charge < -0.3 is 9.64 Å². The van der Waals surface area contributed by atoms with Crippen molar-refractivity contribution in [2.45, 2.75) is 18.6 Å². The number of rotatable bonds is 1. The number of halogens is 1. The Morgan fingerprint density at radius 1 is 1.29 bits per heavy atom. The van der Waals surface area contributed by atoms with Crippen molar-refractivity contribution in [3.8, 4) is 0 Å². The topological polar surface area (TPSA) is 12.5 Å². The Kier molecular flexibility index (Phi) is 1.74. The summed E-state index contributed by atoms with van der Waals surface area (Å²) in [6.07, 6.45) is 1.52. The molecule has 3 rings (SSSR count). The van der Waals surface area contributed by atoms with Gasteiger partial charge in [-0.1, -0.05) is 0 Å². The lowest BCUT2D eigenvalue weighted by Gasteiger charge is -2.28. The molecule has 1 aromatic carbocycles. The number of ether oxygens (including phenoxy) is 1. The molecule has 1 aromatic rings. The normalized spacial score (nSPS) is 29.9. The van der Waals surface area contributed by atoms with Gasteiger partial charge in [0.2, 0.25) is 0 Å². The number of benzene rings is 1. The maximum absolute atomic E-state index is 12.7. The number of hydrogen-bond acceptors (Lipinski definition) is 2. The molecule has 0 N–H and O–H groups in total. The number of anilines is 1. The Bertz CT molecular complexity index is 338. The summed E-state index contributed by atoms with van der Waals surface area (Å²) in [5.41, 5.74) is 1.11. The van der Waals surface area contributed by atoms with Crippen LogP contribution in [0.4, 0.5) is 10.1 Å². The van der Waals surface area contributed by atoms with Gasteiger partial charge in [0.15, 0.2) is 0 Å². The van der Waals surface area contributed by atoms with Crippen molar-refractivity contribution in [1.82, 2.24) is 0 Å². The van der Waals surface area contributed by atoms with Gasteiger partial charge in [-0.25, -0.2) is 4.39 Å². The van der Waals surface area contributed by atoms with Crippen LogP contribution >= 0.6 is 0 Å². The van der Waals surface area contributed by atoms with Gasteiger partial charge in [0.1, 0.15) is 5.82 Å². The zero-order valence-electron chi connectivity index (χ0n) is 7.82. The van der Waals surface area contributed by atoms with Crippen LogP contribution in [0.5, 0.6) is 0 Å². The van der Waals surface area contributed by atoms with E-state index in [1.807, 2.05) is 12.1 Å². The van der Waals surface area contributed by atoms with Crippen LogP contribution in [0.3, 0.4) is 0 Å². The minimum atomic E-state index is -0.172. The van der Waals surface area contributed by atoms with Crippen LogP contribution in [0.1, 0.15) is 6.42 Å². The zero-order valence-corrected chi connectivity index (χ0v) is 7.82. The Labute approximate surface area is 82.3 Å². The summed E-state index contributed by atoms with van der Waals surface area (Å²) in [5.74, 6) is -0.172. The average Bonchev–Trinajstić information content (AvgIpc) is 2.80. The highest BCUT2D eigenvalue weighted by molar-refractivity contribution is 5.49. The van der Waals surface area contributed by atoms with Crippen LogP contribution in [0, 0.1) is 5.82 Å². The maximum Gasteiger partial charge on any atom is 0.123 e. The summed E-state index contributed by atoms with van der Waals surface area (Å²) in [7, 11) is 0. The third-order valence-corrected chi connectivity index (χ3v) is 3.06. The van der Waals surface area contributed by atoms with E-state index in [2.05, 4.69) is 4.90 Å². The molecule has 74 valence electrons. The molecule has 2 saturated heterocycles. The molecular weight excluding hydrogens is 181 g/mol. The molecule has 3 heteroatoms. The highest BCUT2D eigenvalue weighted by atomic mass is 19.1. The molecule has 0 spiro atoms. The molecule has 0 radical (unpaired) electrons. The number of morpholine rings is 1. The fourth-order valence-corrected chi connectivity index (χ4v) is 2.35. The van der Waals surface area contributed by atoms with Gasteiger partial charge in [-0.2, -0.15) is 0 Å². The summed E-state index contributed by atoms with van der Waals surface area (Å²) in [5, 5.41) is 0. The van der Waals surface area contributed by atoms with Crippen molar-refractivity contribution in [2.24, 2.45) is 0 Å². The van der Waals surface area contributed by atoms with E-state index in [0.29, 0.717) is 12.1 Å². The molecule has 2 atom stereocenters. The van der Waals surface area contributed by atoms with E-state index in [-0.39, 0.29) is 5.82 Å². The van der Waals surface area contributed by atoms with E-state index < -0.39 is 0 Å². The minimum Gasteiger partial charge on any atom is -0.374 e. The Balaban J connectivity index is 1.86. The minimum absolute atomic E-state index is 0.172. The zero-order chi connectivity index (χ0) is 9.54. The van der Waals surface area contributed by atoms with Gasteiger partial charge in [-0.05, 0) is 30.7 Å². The molecular formula is C11H12FNO. The highest BCUT2D eigenvalue weighted by Gasteiger charge is 2.38. The predicted molar refractivity (Wildman–Crippen MR) is 51.9 cm³/mol. The molecule has 2 aliphatic rings. The summed E-state index contributed by atoms with van der Waals surface area (Å²) in [6, 6.07) is 7.22. The first-order valence-corrected chi connectivity index (χ1v) is 4.97. The van der Waals surface area contributed by atoms with E-state index in [1.165, 1.54) is 12.1 Å². The summed E-state index contributed by atoms with van der Waals surface area (Å²) < 4.78 is 18.2. The van der Waals surface area contributed by atoms with Crippen LogP contribution in [0.2, 0.25) is 0 Å². The van der Waals surface area contributed by atoms with Gasteiger partial charge in [0.25, 0.3) is 0 Å². The van der Waals surface area contributed by atoms with E-state index >= 15 is 0 Å². The Morgan fingerprint density at radius 2 is 2.07 bits per heavy atom. The Hall–Kier alpha value is -1.09. The van der Waals surface area contributed by atoms with Crippen LogP contribution in [0.25, 0.3) is 0 Å². The lowest BCUT2D eigenvalue weighted by atomic mass is 10.2. The van der Waals surface area contributed by atoms with Crippen LogP contribution in [0.15, 0.2) is 24.3 Å². The van der Waals surface area contributed by atoms with E-state index in [4.69, 9.17) is 4.74 Å². The summed E-state index contributed by atoms with van der Waals surface area (Å²) in [6.45, 7) is 1.78. The molecule has 2 fully saturated rings. The maximum atomic E-state index is 12.7. The quantitative estimate of drug-likeness (QED) is 0.674. The van der Waals surface area contributed by atoms with Crippen molar-refractivity contribution in [3.05, 3.63) is 30.1 Å². The number of nitrogens with zero attached hydrogens (tertiary/aromatic N) is 1. The second-order valence-corrected chi connectivity index (χ2v) is 3.97. The molecule has 2 aliphatic heterocycles. The SMILES string of the molecule is Fc1ccc(N2CC3CC2CO3)cc1. The van der Waals surface area contributed by atoms with Crippen molar-refractivity contribution < 1.29 is 9.13 Å². The van der Waals surface area contributed by atoms with Crippen LogP contribution in [-0.4, -0.2) is 25.3 Å². The van der Waals surface area contributed by atoms with Crippen LogP contribution < -0.4 is 4.90 Å². The Morgan fingerprint density at radius 3 is 2.64 bits per heavy atom. The van der Waals surface area contributed by atoms with Gasteiger partial charge in [0.05, 0.1) is 18.8 Å². The largest absolute Gasteiger partial charge is 0.374 e. The molecule has 0 aromatic heterocycles.